The zero-order valence-corrected chi connectivity index (χ0v) is 8.41. The van der Waals surface area contributed by atoms with Crippen molar-refractivity contribution in [2.45, 2.75) is 26.9 Å². The Hall–Kier alpha value is -1.38. The van der Waals surface area contributed by atoms with E-state index >= 15 is 0 Å². The van der Waals surface area contributed by atoms with Crippen molar-refractivity contribution in [1.29, 1.82) is 0 Å². The van der Waals surface area contributed by atoms with Crippen LogP contribution in [0.25, 0.3) is 0 Å². The fourth-order valence-electron chi connectivity index (χ4n) is 1.62. The third-order valence-corrected chi connectivity index (χ3v) is 2.23. The highest BCUT2D eigenvalue weighted by Gasteiger charge is 2.22. The maximum Gasteiger partial charge on any atom is 0.340 e. The molecule has 1 aromatic rings. The van der Waals surface area contributed by atoms with Crippen LogP contribution in [-0.2, 0) is 17.8 Å². The molecule has 3 nitrogen and oxygen atoms in total. The average molecular weight is 191 g/mol. The molecule has 3 heteroatoms. The zero-order chi connectivity index (χ0) is 10.1. The number of fused-ring (bicyclic) bond motifs is 1. The quantitative estimate of drug-likeness (QED) is 0.671. The Labute approximate surface area is 83.1 Å². The lowest BCUT2D eigenvalue weighted by molar-refractivity contribution is 0.0533. The summed E-state index contributed by atoms with van der Waals surface area (Å²) in [5, 5.41) is 0. The Bertz CT molecular complexity index is 372. The number of aromatic nitrogens is 1. The van der Waals surface area contributed by atoms with Gasteiger partial charge in [0.25, 0.3) is 0 Å². The first-order valence-corrected chi connectivity index (χ1v) is 4.81. The number of carbonyl (C=O) groups is 1. The van der Waals surface area contributed by atoms with Gasteiger partial charge in [-0.25, -0.2) is 4.79 Å². The van der Waals surface area contributed by atoms with Crippen LogP contribution in [0.4, 0.5) is 0 Å². The summed E-state index contributed by atoms with van der Waals surface area (Å²) in [4.78, 5) is 15.5. The van der Waals surface area contributed by atoms with E-state index < -0.39 is 0 Å². The van der Waals surface area contributed by atoms with Crippen molar-refractivity contribution in [3.8, 4) is 0 Å². The van der Waals surface area contributed by atoms with Crippen molar-refractivity contribution >= 4 is 5.97 Å². The minimum absolute atomic E-state index is 0.238. The standard InChI is InChI=1S/C11H13NO2/c1-7(2)3-8-4-9-10(12-5-8)6-14-11(9)13/h4-5,7H,3,6H2,1-2H3. The second kappa shape index (κ2) is 3.40. The van der Waals surface area contributed by atoms with Crippen molar-refractivity contribution in [3.05, 3.63) is 29.1 Å². The number of hydrogen-bond acceptors (Lipinski definition) is 3. The lowest BCUT2D eigenvalue weighted by Gasteiger charge is -2.04. The van der Waals surface area contributed by atoms with E-state index in [-0.39, 0.29) is 5.97 Å². The van der Waals surface area contributed by atoms with E-state index in [0.29, 0.717) is 18.1 Å². The molecule has 0 bridgehead atoms. The maximum atomic E-state index is 11.2. The largest absolute Gasteiger partial charge is 0.456 e. The van der Waals surface area contributed by atoms with Gasteiger partial charge in [-0.05, 0) is 24.0 Å². The van der Waals surface area contributed by atoms with Gasteiger partial charge in [-0.3, -0.25) is 4.98 Å². The van der Waals surface area contributed by atoms with Gasteiger partial charge in [0.1, 0.15) is 6.61 Å². The number of esters is 1. The van der Waals surface area contributed by atoms with E-state index in [2.05, 4.69) is 18.8 Å². The van der Waals surface area contributed by atoms with Gasteiger partial charge in [-0.15, -0.1) is 0 Å². The molecule has 0 radical (unpaired) electrons. The smallest absolute Gasteiger partial charge is 0.340 e. The molecule has 2 heterocycles. The number of carbonyl (C=O) groups excluding carboxylic acids is 1. The molecule has 0 fully saturated rings. The van der Waals surface area contributed by atoms with E-state index in [0.717, 1.165) is 17.7 Å². The van der Waals surface area contributed by atoms with E-state index in [9.17, 15) is 4.79 Å². The van der Waals surface area contributed by atoms with Crippen LogP contribution in [0.1, 0.15) is 35.5 Å². The fourth-order valence-corrected chi connectivity index (χ4v) is 1.62. The summed E-state index contributed by atoms with van der Waals surface area (Å²) in [6, 6.07) is 1.90. The molecule has 1 aliphatic heterocycles. The predicted octanol–water partition coefficient (Wildman–Crippen LogP) is 1.95. The molecule has 0 spiro atoms. The molecule has 2 rings (SSSR count). The lowest BCUT2D eigenvalue weighted by Crippen LogP contribution is -2.00. The molecule has 0 unspecified atom stereocenters. The van der Waals surface area contributed by atoms with Crippen LogP contribution in [0, 0.1) is 5.92 Å². The van der Waals surface area contributed by atoms with Crippen LogP contribution in [0.3, 0.4) is 0 Å². The van der Waals surface area contributed by atoms with Gasteiger partial charge in [0.05, 0.1) is 11.3 Å². The number of hydrogen-bond donors (Lipinski definition) is 0. The Kier molecular flexibility index (Phi) is 2.23. The average Bonchev–Trinajstić information content (AvgIpc) is 2.47. The first-order chi connectivity index (χ1) is 6.66. The monoisotopic (exact) mass is 191 g/mol. The third-order valence-electron chi connectivity index (χ3n) is 2.23. The van der Waals surface area contributed by atoms with E-state index in [1.165, 1.54) is 0 Å². The minimum atomic E-state index is -0.238. The molecule has 14 heavy (non-hydrogen) atoms. The Morgan fingerprint density at radius 1 is 1.57 bits per heavy atom. The molecule has 0 saturated heterocycles. The van der Waals surface area contributed by atoms with E-state index in [1.807, 2.05) is 12.3 Å². The van der Waals surface area contributed by atoms with Crippen molar-refractivity contribution < 1.29 is 9.53 Å². The molecule has 1 aliphatic rings. The molecule has 0 aromatic carbocycles. The van der Waals surface area contributed by atoms with Gasteiger partial charge in [0.2, 0.25) is 0 Å². The SMILES string of the molecule is CC(C)Cc1cnc2c(c1)C(=O)OC2. The number of ether oxygens (including phenoxy) is 1. The zero-order valence-electron chi connectivity index (χ0n) is 8.41. The summed E-state index contributed by atoms with van der Waals surface area (Å²) in [7, 11) is 0. The first-order valence-electron chi connectivity index (χ1n) is 4.81. The second-order valence-corrected chi connectivity index (χ2v) is 4.01. The number of nitrogens with zero attached hydrogens (tertiary/aromatic N) is 1. The molecule has 0 atom stereocenters. The Morgan fingerprint density at radius 2 is 2.36 bits per heavy atom. The van der Waals surface area contributed by atoms with Crippen molar-refractivity contribution in [1.82, 2.24) is 4.98 Å². The second-order valence-electron chi connectivity index (χ2n) is 4.01. The van der Waals surface area contributed by atoms with Gasteiger partial charge >= 0.3 is 5.97 Å². The Balaban J connectivity index is 2.30. The van der Waals surface area contributed by atoms with Crippen molar-refractivity contribution in [3.63, 3.8) is 0 Å². The van der Waals surface area contributed by atoms with Crippen LogP contribution >= 0.6 is 0 Å². The van der Waals surface area contributed by atoms with Gasteiger partial charge in [0, 0.05) is 6.20 Å². The van der Waals surface area contributed by atoms with Crippen LogP contribution < -0.4 is 0 Å². The molecule has 0 amide bonds. The highest BCUT2D eigenvalue weighted by molar-refractivity contribution is 5.92. The third kappa shape index (κ3) is 1.62. The molecule has 1 aromatic heterocycles. The fraction of sp³-hybridized carbons (Fsp3) is 0.455. The summed E-state index contributed by atoms with van der Waals surface area (Å²) in [5.74, 6) is 0.338. The first kappa shape index (κ1) is 9.19. The minimum Gasteiger partial charge on any atom is -0.456 e. The molecule has 0 N–H and O–H groups in total. The normalized spacial score (nSPS) is 14.4. The van der Waals surface area contributed by atoms with Gasteiger partial charge in [-0.1, -0.05) is 13.8 Å². The van der Waals surface area contributed by atoms with Crippen LogP contribution in [-0.4, -0.2) is 11.0 Å². The van der Waals surface area contributed by atoms with Crippen LogP contribution in [0.2, 0.25) is 0 Å². The Morgan fingerprint density at radius 3 is 3.07 bits per heavy atom. The molecular weight excluding hydrogens is 178 g/mol. The number of cyclic esters (lactones) is 1. The molecule has 74 valence electrons. The predicted molar refractivity (Wildman–Crippen MR) is 51.9 cm³/mol. The van der Waals surface area contributed by atoms with E-state index in [1.54, 1.807) is 0 Å². The van der Waals surface area contributed by atoms with Crippen molar-refractivity contribution in [2.24, 2.45) is 5.92 Å². The number of pyridine rings is 1. The van der Waals surface area contributed by atoms with Gasteiger partial charge in [-0.2, -0.15) is 0 Å². The summed E-state index contributed by atoms with van der Waals surface area (Å²) >= 11 is 0. The van der Waals surface area contributed by atoms with Crippen molar-refractivity contribution in [2.75, 3.05) is 0 Å². The topological polar surface area (TPSA) is 39.2 Å². The lowest BCUT2D eigenvalue weighted by atomic mass is 10.0. The summed E-state index contributed by atoms with van der Waals surface area (Å²) in [6.45, 7) is 4.62. The van der Waals surface area contributed by atoms with Gasteiger partial charge in [0.15, 0.2) is 0 Å². The highest BCUT2D eigenvalue weighted by Crippen LogP contribution is 2.19. The van der Waals surface area contributed by atoms with Gasteiger partial charge < -0.3 is 4.74 Å². The molecule has 0 saturated carbocycles. The molecule has 0 aliphatic carbocycles. The molecular formula is C11H13NO2. The summed E-state index contributed by atoms with van der Waals surface area (Å²) < 4.78 is 4.88. The van der Waals surface area contributed by atoms with Crippen LogP contribution in [0.15, 0.2) is 12.3 Å². The maximum absolute atomic E-state index is 11.2. The summed E-state index contributed by atoms with van der Waals surface area (Å²) in [5.41, 5.74) is 2.52. The number of rotatable bonds is 2. The van der Waals surface area contributed by atoms with E-state index in [4.69, 9.17) is 4.74 Å². The highest BCUT2D eigenvalue weighted by atomic mass is 16.5. The van der Waals surface area contributed by atoms with Crippen LogP contribution in [0.5, 0.6) is 0 Å². The summed E-state index contributed by atoms with van der Waals surface area (Å²) in [6.07, 6.45) is 2.79.